The molecule has 1 heterocycles. The molecule has 98 valence electrons. The molecule has 0 fully saturated rings. The Morgan fingerprint density at radius 2 is 2.39 bits per heavy atom. The van der Waals surface area contributed by atoms with Gasteiger partial charge in [0, 0.05) is 39.4 Å². The van der Waals surface area contributed by atoms with Crippen molar-refractivity contribution in [3.8, 4) is 5.75 Å². The first kappa shape index (κ1) is 13.5. The van der Waals surface area contributed by atoms with E-state index in [0.717, 1.165) is 15.8 Å². The zero-order chi connectivity index (χ0) is 13.1. The molecular formula is C12H14BrNO3S. The summed E-state index contributed by atoms with van der Waals surface area (Å²) >= 11 is 3.39. The van der Waals surface area contributed by atoms with Gasteiger partial charge in [-0.1, -0.05) is 15.9 Å². The molecule has 1 aromatic rings. The molecule has 4 nitrogen and oxygen atoms in total. The van der Waals surface area contributed by atoms with Crippen molar-refractivity contribution in [2.45, 2.75) is 5.92 Å². The van der Waals surface area contributed by atoms with Gasteiger partial charge in [-0.05, 0) is 18.2 Å². The Balaban J connectivity index is 2.02. The summed E-state index contributed by atoms with van der Waals surface area (Å²) < 4.78 is 17.3. The number of carbonyl (C=O) groups is 1. The maximum atomic E-state index is 12.0. The van der Waals surface area contributed by atoms with Crippen molar-refractivity contribution in [2.75, 3.05) is 25.2 Å². The second-order valence-electron chi connectivity index (χ2n) is 4.11. The number of fused-ring (bicyclic) bond motifs is 1. The third kappa shape index (κ3) is 3.11. The smallest absolute Gasteiger partial charge is 0.231 e. The minimum atomic E-state index is -0.886. The summed E-state index contributed by atoms with van der Waals surface area (Å²) in [6, 6.07) is 5.65. The molecule has 0 saturated heterocycles. The number of hydrogen-bond acceptors (Lipinski definition) is 3. The minimum absolute atomic E-state index is 0.0719. The maximum Gasteiger partial charge on any atom is 0.231 e. The average Bonchev–Trinajstić information content (AvgIpc) is 2.71. The predicted octanol–water partition coefficient (Wildman–Crippen LogP) is 1.42. The summed E-state index contributed by atoms with van der Waals surface area (Å²) in [5.41, 5.74) is 0.902. The highest BCUT2D eigenvalue weighted by Crippen LogP contribution is 2.35. The van der Waals surface area contributed by atoms with Gasteiger partial charge in [-0.3, -0.25) is 9.00 Å². The van der Waals surface area contributed by atoms with Gasteiger partial charge in [0.05, 0.1) is 0 Å². The number of rotatable bonds is 4. The fourth-order valence-electron chi connectivity index (χ4n) is 1.84. The van der Waals surface area contributed by atoms with Crippen LogP contribution in [0.25, 0.3) is 0 Å². The van der Waals surface area contributed by atoms with Gasteiger partial charge in [-0.25, -0.2) is 0 Å². The van der Waals surface area contributed by atoms with Gasteiger partial charge in [-0.2, -0.15) is 0 Å². The fraction of sp³-hybridized carbons (Fsp3) is 0.417. The molecule has 0 aromatic heterocycles. The lowest BCUT2D eigenvalue weighted by molar-refractivity contribution is -0.122. The van der Waals surface area contributed by atoms with E-state index >= 15 is 0 Å². The Morgan fingerprint density at radius 3 is 3.11 bits per heavy atom. The number of hydrogen-bond donors (Lipinski definition) is 1. The zero-order valence-corrected chi connectivity index (χ0v) is 12.3. The Hall–Kier alpha value is -0.880. The normalized spacial score (nSPS) is 18.9. The molecule has 0 spiro atoms. The van der Waals surface area contributed by atoms with E-state index < -0.39 is 10.8 Å². The largest absolute Gasteiger partial charge is 0.492 e. The quantitative estimate of drug-likeness (QED) is 0.907. The number of carbonyl (C=O) groups excluding carboxylic acids is 1. The number of benzene rings is 1. The Labute approximate surface area is 117 Å². The fourth-order valence-corrected chi connectivity index (χ4v) is 2.61. The van der Waals surface area contributed by atoms with E-state index in [4.69, 9.17) is 4.74 Å². The van der Waals surface area contributed by atoms with Gasteiger partial charge in [0.2, 0.25) is 5.91 Å². The van der Waals surface area contributed by atoms with Crippen LogP contribution in [0.3, 0.4) is 0 Å². The molecule has 0 aliphatic carbocycles. The highest BCUT2D eigenvalue weighted by Gasteiger charge is 2.30. The lowest BCUT2D eigenvalue weighted by Gasteiger charge is -2.09. The van der Waals surface area contributed by atoms with E-state index in [1.54, 1.807) is 6.26 Å². The van der Waals surface area contributed by atoms with Crippen LogP contribution in [0.4, 0.5) is 0 Å². The highest BCUT2D eigenvalue weighted by molar-refractivity contribution is 9.10. The number of nitrogens with one attached hydrogen (secondary N) is 1. The van der Waals surface area contributed by atoms with Crippen molar-refractivity contribution in [1.82, 2.24) is 5.32 Å². The third-order valence-electron chi connectivity index (χ3n) is 2.76. The van der Waals surface area contributed by atoms with Crippen LogP contribution in [0.2, 0.25) is 0 Å². The lowest BCUT2D eigenvalue weighted by atomic mass is 10.0. The van der Waals surface area contributed by atoms with Gasteiger partial charge in [0.15, 0.2) is 0 Å². The SMILES string of the molecule is C[S@@](=O)CCNC(=O)[C@@H]1COc2ccc(Br)cc21. The van der Waals surface area contributed by atoms with Crippen molar-refractivity contribution >= 4 is 32.6 Å². The average molecular weight is 332 g/mol. The lowest BCUT2D eigenvalue weighted by Crippen LogP contribution is -2.32. The second kappa shape index (κ2) is 5.84. The Morgan fingerprint density at radius 1 is 1.61 bits per heavy atom. The van der Waals surface area contributed by atoms with Gasteiger partial charge in [-0.15, -0.1) is 0 Å². The van der Waals surface area contributed by atoms with E-state index in [1.807, 2.05) is 18.2 Å². The summed E-state index contributed by atoms with van der Waals surface area (Å²) in [7, 11) is -0.886. The first-order valence-electron chi connectivity index (χ1n) is 5.58. The molecule has 1 aliphatic rings. The topological polar surface area (TPSA) is 55.4 Å². The van der Waals surface area contributed by atoms with Crippen molar-refractivity contribution < 1.29 is 13.7 Å². The monoisotopic (exact) mass is 331 g/mol. The van der Waals surface area contributed by atoms with E-state index in [-0.39, 0.29) is 11.8 Å². The zero-order valence-electron chi connectivity index (χ0n) is 9.94. The summed E-state index contributed by atoms with van der Waals surface area (Å²) in [5.74, 6) is 0.891. The summed E-state index contributed by atoms with van der Waals surface area (Å²) in [6.07, 6.45) is 1.62. The van der Waals surface area contributed by atoms with Crippen LogP contribution < -0.4 is 10.1 Å². The molecule has 0 saturated carbocycles. The second-order valence-corrected chi connectivity index (χ2v) is 6.58. The van der Waals surface area contributed by atoms with Crippen LogP contribution in [0.1, 0.15) is 11.5 Å². The number of ether oxygens (including phenoxy) is 1. The van der Waals surface area contributed by atoms with Gasteiger partial charge in [0.25, 0.3) is 0 Å². The summed E-state index contributed by atoms with van der Waals surface area (Å²) in [4.78, 5) is 12.0. The summed E-state index contributed by atoms with van der Waals surface area (Å²) in [5, 5.41) is 2.79. The number of halogens is 1. The molecule has 1 aliphatic heterocycles. The van der Waals surface area contributed by atoms with E-state index in [2.05, 4.69) is 21.2 Å². The van der Waals surface area contributed by atoms with E-state index in [0.29, 0.717) is 18.9 Å². The van der Waals surface area contributed by atoms with Crippen molar-refractivity contribution in [1.29, 1.82) is 0 Å². The standard InChI is InChI=1S/C12H14BrNO3S/c1-18(16)5-4-14-12(15)10-7-17-11-3-2-8(13)6-9(10)11/h2-3,6,10H,4-5,7H2,1H3,(H,14,15)/t10-,18-/m1/s1. The molecular weight excluding hydrogens is 318 g/mol. The van der Waals surface area contributed by atoms with Crippen LogP contribution in [0, 0.1) is 0 Å². The van der Waals surface area contributed by atoms with Crippen LogP contribution in [0.5, 0.6) is 5.75 Å². The molecule has 2 atom stereocenters. The molecule has 0 unspecified atom stereocenters. The first-order valence-corrected chi connectivity index (χ1v) is 8.10. The molecule has 6 heteroatoms. The number of amides is 1. The van der Waals surface area contributed by atoms with Gasteiger partial charge in [0.1, 0.15) is 18.3 Å². The van der Waals surface area contributed by atoms with E-state index in [9.17, 15) is 9.00 Å². The Kier molecular flexibility index (Phi) is 4.40. The minimum Gasteiger partial charge on any atom is -0.492 e. The maximum absolute atomic E-state index is 12.0. The van der Waals surface area contributed by atoms with Crippen molar-refractivity contribution in [2.24, 2.45) is 0 Å². The van der Waals surface area contributed by atoms with Crippen LogP contribution in [0.15, 0.2) is 22.7 Å². The molecule has 1 amide bonds. The van der Waals surface area contributed by atoms with Gasteiger partial charge >= 0.3 is 0 Å². The van der Waals surface area contributed by atoms with Crippen LogP contribution in [-0.4, -0.2) is 35.3 Å². The molecule has 1 aromatic carbocycles. The van der Waals surface area contributed by atoms with Crippen LogP contribution in [-0.2, 0) is 15.6 Å². The molecule has 0 radical (unpaired) electrons. The van der Waals surface area contributed by atoms with E-state index in [1.165, 1.54) is 0 Å². The molecule has 2 rings (SSSR count). The van der Waals surface area contributed by atoms with Gasteiger partial charge < -0.3 is 10.1 Å². The van der Waals surface area contributed by atoms with Crippen molar-refractivity contribution in [3.63, 3.8) is 0 Å². The Bertz CT molecular complexity index is 492. The first-order chi connectivity index (χ1) is 8.58. The summed E-state index contributed by atoms with van der Waals surface area (Å²) in [6.45, 7) is 0.800. The molecule has 0 bridgehead atoms. The molecule has 1 N–H and O–H groups in total. The predicted molar refractivity (Wildman–Crippen MR) is 74.3 cm³/mol. The third-order valence-corrected chi connectivity index (χ3v) is 4.03. The van der Waals surface area contributed by atoms with Crippen molar-refractivity contribution in [3.05, 3.63) is 28.2 Å². The van der Waals surface area contributed by atoms with Crippen LogP contribution >= 0.6 is 15.9 Å². The molecule has 18 heavy (non-hydrogen) atoms. The highest BCUT2D eigenvalue weighted by atomic mass is 79.9.